The fourth-order valence-electron chi connectivity index (χ4n) is 2.67. The smallest absolute Gasteiger partial charge is 0.191 e. The summed E-state index contributed by atoms with van der Waals surface area (Å²) in [4.78, 5) is 13.0. The Bertz CT molecular complexity index is 914. The maximum absolute atomic E-state index is 10.7. The first-order valence-corrected chi connectivity index (χ1v) is 9.22. The number of aliphatic imine (C=N–C) groups is 1. The van der Waals surface area contributed by atoms with Crippen molar-refractivity contribution in [3.05, 3.63) is 66.3 Å². The molecule has 0 saturated heterocycles. The zero-order chi connectivity index (χ0) is 20.0. The van der Waals surface area contributed by atoms with Gasteiger partial charge in [0.2, 0.25) is 0 Å². The monoisotopic (exact) mass is 382 g/mol. The minimum Gasteiger partial charge on any atom is -0.463 e. The molecule has 0 fully saturated rings. The van der Waals surface area contributed by atoms with Crippen molar-refractivity contribution >= 4 is 5.96 Å². The summed E-state index contributed by atoms with van der Waals surface area (Å²) in [6, 6.07) is 7.52. The van der Waals surface area contributed by atoms with Gasteiger partial charge in [-0.15, -0.1) is 0 Å². The van der Waals surface area contributed by atoms with Gasteiger partial charge in [0, 0.05) is 25.1 Å². The van der Waals surface area contributed by atoms with Crippen LogP contribution in [0.15, 0.2) is 58.6 Å². The van der Waals surface area contributed by atoms with Gasteiger partial charge in [-0.1, -0.05) is 0 Å². The molecule has 3 aromatic heterocycles. The summed E-state index contributed by atoms with van der Waals surface area (Å²) in [7, 11) is 0. The number of hydrogen-bond acceptors (Lipinski definition) is 5. The van der Waals surface area contributed by atoms with Gasteiger partial charge in [-0.3, -0.25) is 4.57 Å². The Morgan fingerprint density at radius 1 is 1.29 bits per heavy atom. The average molecular weight is 382 g/mol. The van der Waals surface area contributed by atoms with Crippen LogP contribution < -0.4 is 10.6 Å². The van der Waals surface area contributed by atoms with Gasteiger partial charge >= 0.3 is 0 Å². The summed E-state index contributed by atoms with van der Waals surface area (Å²) in [6.45, 7) is 7.01. The SMILES string of the molecule is CCNC(=NCc1ccnc(-n2ccnc2)c1)NCC(C)(O)c1ccc(C)o1. The van der Waals surface area contributed by atoms with Crippen LogP contribution in [-0.2, 0) is 12.1 Å². The summed E-state index contributed by atoms with van der Waals surface area (Å²) in [5.41, 5.74) is -0.125. The molecule has 3 heterocycles. The number of imidazole rings is 1. The lowest BCUT2D eigenvalue weighted by Gasteiger charge is -2.22. The van der Waals surface area contributed by atoms with Crippen LogP contribution in [-0.4, -0.2) is 38.7 Å². The average Bonchev–Trinajstić information content (AvgIpc) is 3.36. The van der Waals surface area contributed by atoms with Crippen LogP contribution in [0, 0.1) is 6.92 Å². The third kappa shape index (κ3) is 4.98. The van der Waals surface area contributed by atoms with E-state index in [2.05, 4.69) is 25.6 Å². The lowest BCUT2D eigenvalue weighted by Crippen LogP contribution is -2.44. The van der Waals surface area contributed by atoms with E-state index in [-0.39, 0.29) is 6.54 Å². The number of pyridine rings is 1. The molecule has 0 aromatic carbocycles. The quantitative estimate of drug-likeness (QED) is 0.428. The van der Waals surface area contributed by atoms with Crippen LogP contribution >= 0.6 is 0 Å². The Balaban J connectivity index is 1.67. The Morgan fingerprint density at radius 3 is 2.82 bits per heavy atom. The lowest BCUT2D eigenvalue weighted by molar-refractivity contribution is 0.0378. The van der Waals surface area contributed by atoms with E-state index in [1.807, 2.05) is 42.8 Å². The van der Waals surface area contributed by atoms with Gasteiger partial charge in [0.05, 0.1) is 13.1 Å². The zero-order valence-corrected chi connectivity index (χ0v) is 16.4. The van der Waals surface area contributed by atoms with Gasteiger partial charge in [-0.25, -0.2) is 15.0 Å². The van der Waals surface area contributed by atoms with E-state index in [0.29, 0.717) is 24.8 Å². The van der Waals surface area contributed by atoms with E-state index in [0.717, 1.165) is 17.1 Å². The van der Waals surface area contributed by atoms with E-state index < -0.39 is 5.60 Å². The highest BCUT2D eigenvalue weighted by Gasteiger charge is 2.27. The second-order valence-electron chi connectivity index (χ2n) is 6.73. The van der Waals surface area contributed by atoms with Crippen molar-refractivity contribution in [3.63, 3.8) is 0 Å². The lowest BCUT2D eigenvalue weighted by atomic mass is 10.0. The Labute approximate surface area is 164 Å². The highest BCUT2D eigenvalue weighted by atomic mass is 16.4. The van der Waals surface area contributed by atoms with Crippen molar-refractivity contribution in [1.29, 1.82) is 0 Å². The van der Waals surface area contributed by atoms with E-state index in [9.17, 15) is 5.11 Å². The number of nitrogens with one attached hydrogen (secondary N) is 2. The van der Waals surface area contributed by atoms with Crippen LogP contribution in [0.3, 0.4) is 0 Å². The first kappa shape index (κ1) is 19.6. The molecule has 0 aliphatic carbocycles. The minimum atomic E-state index is -1.14. The summed E-state index contributed by atoms with van der Waals surface area (Å²) in [5.74, 6) is 2.70. The van der Waals surface area contributed by atoms with Crippen LogP contribution in [0.25, 0.3) is 5.82 Å². The largest absolute Gasteiger partial charge is 0.463 e. The number of aliphatic hydroxyl groups is 1. The zero-order valence-electron chi connectivity index (χ0n) is 16.4. The molecule has 1 atom stereocenters. The van der Waals surface area contributed by atoms with Gasteiger partial charge in [-0.2, -0.15) is 0 Å². The van der Waals surface area contributed by atoms with Crippen molar-refractivity contribution in [2.75, 3.05) is 13.1 Å². The van der Waals surface area contributed by atoms with Crippen LogP contribution in [0.4, 0.5) is 0 Å². The van der Waals surface area contributed by atoms with Crippen LogP contribution in [0.5, 0.6) is 0 Å². The molecule has 0 aliphatic rings. The molecule has 3 aromatic rings. The number of rotatable bonds is 7. The molecule has 148 valence electrons. The Hall–Kier alpha value is -3.13. The standard InChI is InChI=1S/C20H26N6O2/c1-4-22-19(25-13-20(3,27)17-6-5-15(2)28-17)24-12-16-7-8-23-18(11-16)26-10-9-21-14-26/h5-11,14,27H,4,12-13H2,1-3H3,(H2,22,24,25). The molecule has 0 amide bonds. The maximum atomic E-state index is 10.7. The molecule has 3 rings (SSSR count). The summed E-state index contributed by atoms with van der Waals surface area (Å²) in [6.07, 6.45) is 7.02. The highest BCUT2D eigenvalue weighted by Crippen LogP contribution is 2.21. The van der Waals surface area contributed by atoms with E-state index in [4.69, 9.17) is 4.42 Å². The predicted molar refractivity (Wildman–Crippen MR) is 107 cm³/mol. The van der Waals surface area contributed by atoms with Crippen molar-refractivity contribution in [1.82, 2.24) is 25.2 Å². The molecule has 8 heteroatoms. The number of nitrogens with zero attached hydrogens (tertiary/aromatic N) is 4. The summed E-state index contributed by atoms with van der Waals surface area (Å²) >= 11 is 0. The fourth-order valence-corrected chi connectivity index (χ4v) is 2.67. The van der Waals surface area contributed by atoms with Crippen molar-refractivity contribution in [2.24, 2.45) is 4.99 Å². The number of guanidine groups is 1. The third-order valence-electron chi connectivity index (χ3n) is 4.21. The molecular formula is C20H26N6O2. The normalized spacial score (nSPS) is 13.9. The van der Waals surface area contributed by atoms with Gasteiger partial charge < -0.3 is 20.2 Å². The maximum Gasteiger partial charge on any atom is 0.191 e. The van der Waals surface area contributed by atoms with E-state index in [1.54, 1.807) is 31.7 Å². The molecular weight excluding hydrogens is 356 g/mol. The Morgan fingerprint density at radius 2 is 2.14 bits per heavy atom. The van der Waals surface area contributed by atoms with Crippen LogP contribution in [0.1, 0.15) is 30.9 Å². The number of furan rings is 1. The number of aryl methyl sites for hydroxylation is 1. The summed E-state index contributed by atoms with van der Waals surface area (Å²) in [5, 5.41) is 17.1. The fraction of sp³-hybridized carbons (Fsp3) is 0.350. The molecule has 0 bridgehead atoms. The van der Waals surface area contributed by atoms with Crippen LogP contribution in [0.2, 0.25) is 0 Å². The van der Waals surface area contributed by atoms with Gasteiger partial charge in [0.25, 0.3) is 0 Å². The van der Waals surface area contributed by atoms with Crippen molar-refractivity contribution in [2.45, 2.75) is 32.9 Å². The first-order valence-electron chi connectivity index (χ1n) is 9.22. The Kier molecular flexibility index (Phi) is 6.10. The topological polar surface area (TPSA) is 100 Å². The van der Waals surface area contributed by atoms with E-state index in [1.165, 1.54) is 0 Å². The van der Waals surface area contributed by atoms with Crippen molar-refractivity contribution in [3.8, 4) is 5.82 Å². The summed E-state index contributed by atoms with van der Waals surface area (Å²) < 4.78 is 7.40. The molecule has 0 radical (unpaired) electrons. The number of hydrogen-bond donors (Lipinski definition) is 3. The van der Waals surface area contributed by atoms with Crippen molar-refractivity contribution < 1.29 is 9.52 Å². The molecule has 0 spiro atoms. The van der Waals surface area contributed by atoms with Gasteiger partial charge in [0.15, 0.2) is 5.96 Å². The number of aromatic nitrogens is 3. The molecule has 1 unspecified atom stereocenters. The molecule has 0 saturated carbocycles. The minimum absolute atomic E-state index is 0.266. The molecule has 8 nitrogen and oxygen atoms in total. The third-order valence-corrected chi connectivity index (χ3v) is 4.21. The van der Waals surface area contributed by atoms with E-state index >= 15 is 0 Å². The molecule has 3 N–H and O–H groups in total. The molecule has 28 heavy (non-hydrogen) atoms. The van der Waals surface area contributed by atoms with Gasteiger partial charge in [-0.05, 0) is 50.6 Å². The first-order chi connectivity index (χ1) is 13.5. The highest BCUT2D eigenvalue weighted by molar-refractivity contribution is 5.79. The molecule has 0 aliphatic heterocycles. The van der Waals surface area contributed by atoms with Gasteiger partial charge in [0.1, 0.15) is 29.3 Å². The predicted octanol–water partition coefficient (Wildman–Crippen LogP) is 2.13. The second kappa shape index (κ2) is 8.71. The second-order valence-corrected chi connectivity index (χ2v) is 6.73.